The van der Waals surface area contributed by atoms with E-state index in [1.165, 1.54) is 0 Å². The molecule has 0 spiro atoms. The Morgan fingerprint density at radius 3 is 2.20 bits per heavy atom. The minimum absolute atomic E-state index is 0.0125. The van der Waals surface area contributed by atoms with Crippen molar-refractivity contribution in [1.82, 2.24) is 4.98 Å². The number of hydrogen-bond donors (Lipinski definition) is 1. The fourth-order valence-corrected chi connectivity index (χ4v) is 5.93. The predicted octanol–water partition coefficient (Wildman–Crippen LogP) is 8.58. The molecular weight excluding hydrogens is 572 g/mol. The molecule has 4 aromatic rings. The maximum Gasteiger partial charge on any atom is 0.413 e. The molecule has 3 aromatic carbocycles. The first-order valence-electron chi connectivity index (χ1n) is 14.7. The SMILES string of the molecule is CCC(SCc1ccc(OC)cc1)C(Cc1ccc(NC(=O)OC(C)(C)C)nc1)C(=O)Oc1cccc(-c2ccccc2)c1. The molecule has 0 saturated heterocycles. The molecule has 7 nitrogen and oxygen atoms in total. The van der Waals surface area contributed by atoms with Gasteiger partial charge in [0.05, 0.1) is 13.0 Å². The lowest BCUT2D eigenvalue weighted by molar-refractivity contribution is -0.138. The fraction of sp³-hybridized carbons (Fsp3) is 0.306. The van der Waals surface area contributed by atoms with Crippen LogP contribution in [0.5, 0.6) is 11.5 Å². The highest BCUT2D eigenvalue weighted by Crippen LogP contribution is 2.32. The average Bonchev–Trinajstić information content (AvgIpc) is 3.01. The summed E-state index contributed by atoms with van der Waals surface area (Å²) >= 11 is 1.74. The van der Waals surface area contributed by atoms with Gasteiger partial charge in [-0.15, -0.1) is 0 Å². The quantitative estimate of drug-likeness (QED) is 0.127. The Kier molecular flexibility index (Phi) is 11.4. The van der Waals surface area contributed by atoms with Gasteiger partial charge in [0.1, 0.15) is 22.9 Å². The van der Waals surface area contributed by atoms with Crippen LogP contribution in [0.4, 0.5) is 10.6 Å². The van der Waals surface area contributed by atoms with Crippen molar-refractivity contribution in [1.29, 1.82) is 0 Å². The number of ether oxygens (including phenoxy) is 3. The molecule has 0 radical (unpaired) electrons. The topological polar surface area (TPSA) is 86.8 Å². The van der Waals surface area contributed by atoms with Crippen LogP contribution in [0.1, 0.15) is 45.2 Å². The number of anilines is 1. The first-order chi connectivity index (χ1) is 21.1. The molecule has 8 heteroatoms. The van der Waals surface area contributed by atoms with Crippen LogP contribution in [0, 0.1) is 5.92 Å². The van der Waals surface area contributed by atoms with Gasteiger partial charge in [0.2, 0.25) is 0 Å². The third-order valence-corrected chi connectivity index (χ3v) is 8.44. The molecule has 0 aliphatic carbocycles. The van der Waals surface area contributed by atoms with Gasteiger partial charge in [0, 0.05) is 17.2 Å². The zero-order valence-electron chi connectivity index (χ0n) is 25.9. The van der Waals surface area contributed by atoms with E-state index < -0.39 is 17.6 Å². The maximum atomic E-state index is 13.9. The number of hydrogen-bond acceptors (Lipinski definition) is 7. The molecule has 0 aliphatic rings. The number of carbonyl (C=O) groups excluding carboxylic acids is 2. The van der Waals surface area contributed by atoms with E-state index in [2.05, 4.69) is 17.2 Å². The molecule has 1 amide bonds. The number of nitrogens with zero attached hydrogens (tertiary/aromatic N) is 1. The van der Waals surface area contributed by atoms with Crippen LogP contribution >= 0.6 is 11.8 Å². The number of esters is 1. The summed E-state index contributed by atoms with van der Waals surface area (Å²) in [6, 6.07) is 29.2. The Morgan fingerprint density at radius 2 is 1.57 bits per heavy atom. The van der Waals surface area contributed by atoms with Gasteiger partial charge in [-0.1, -0.05) is 67.6 Å². The second-order valence-corrected chi connectivity index (χ2v) is 12.6. The Hall–Kier alpha value is -4.30. The molecule has 4 rings (SSSR count). The predicted molar refractivity (Wildman–Crippen MR) is 177 cm³/mol. The number of amides is 1. The molecule has 2 atom stereocenters. The van der Waals surface area contributed by atoms with Crippen LogP contribution in [0.15, 0.2) is 97.2 Å². The van der Waals surface area contributed by atoms with E-state index in [-0.39, 0.29) is 11.2 Å². The van der Waals surface area contributed by atoms with E-state index in [9.17, 15) is 9.59 Å². The summed E-state index contributed by atoms with van der Waals surface area (Å²) in [7, 11) is 1.65. The number of nitrogens with one attached hydrogen (secondary N) is 1. The highest BCUT2D eigenvalue weighted by Gasteiger charge is 2.30. The van der Waals surface area contributed by atoms with Crippen molar-refractivity contribution in [3.63, 3.8) is 0 Å². The first-order valence-corrected chi connectivity index (χ1v) is 15.7. The van der Waals surface area contributed by atoms with E-state index in [1.807, 2.05) is 84.9 Å². The van der Waals surface area contributed by atoms with Gasteiger partial charge in [-0.3, -0.25) is 10.1 Å². The highest BCUT2D eigenvalue weighted by atomic mass is 32.2. The largest absolute Gasteiger partial charge is 0.497 e. The summed E-state index contributed by atoms with van der Waals surface area (Å²) in [6.45, 7) is 7.50. The summed E-state index contributed by atoms with van der Waals surface area (Å²) in [6.07, 6.45) is 2.32. The van der Waals surface area contributed by atoms with Gasteiger partial charge >= 0.3 is 12.1 Å². The summed E-state index contributed by atoms with van der Waals surface area (Å²) in [4.78, 5) is 30.4. The van der Waals surface area contributed by atoms with Crippen molar-refractivity contribution >= 4 is 29.6 Å². The lowest BCUT2D eigenvalue weighted by Gasteiger charge is -2.25. The van der Waals surface area contributed by atoms with Crippen molar-refractivity contribution in [3.05, 3.63) is 108 Å². The van der Waals surface area contributed by atoms with Crippen LogP contribution in [-0.2, 0) is 21.7 Å². The van der Waals surface area contributed by atoms with Crippen molar-refractivity contribution < 1.29 is 23.8 Å². The Balaban J connectivity index is 1.52. The molecule has 0 fully saturated rings. The van der Waals surface area contributed by atoms with Crippen LogP contribution in [0.2, 0.25) is 0 Å². The summed E-state index contributed by atoms with van der Waals surface area (Å²) in [5.41, 5.74) is 3.43. The molecule has 1 N–H and O–H groups in total. The molecular formula is C36H40N2O5S. The lowest BCUT2D eigenvalue weighted by Crippen LogP contribution is -2.31. The monoisotopic (exact) mass is 612 g/mol. The van der Waals surface area contributed by atoms with E-state index in [1.54, 1.807) is 51.9 Å². The van der Waals surface area contributed by atoms with Gasteiger partial charge < -0.3 is 14.2 Å². The number of thioether (sulfide) groups is 1. The second-order valence-electron chi connectivity index (χ2n) is 11.4. The second kappa shape index (κ2) is 15.4. The first kappa shape index (κ1) is 32.6. The van der Waals surface area contributed by atoms with E-state index in [0.29, 0.717) is 18.0 Å². The molecule has 230 valence electrons. The number of methoxy groups -OCH3 is 1. The van der Waals surface area contributed by atoms with Gasteiger partial charge in [0.15, 0.2) is 0 Å². The number of aromatic nitrogens is 1. The normalized spacial score (nSPS) is 12.6. The van der Waals surface area contributed by atoms with Crippen molar-refractivity contribution in [3.8, 4) is 22.6 Å². The molecule has 0 saturated carbocycles. The van der Waals surface area contributed by atoms with Gasteiger partial charge in [-0.2, -0.15) is 11.8 Å². The van der Waals surface area contributed by atoms with Gasteiger partial charge in [0.25, 0.3) is 0 Å². The van der Waals surface area contributed by atoms with Crippen molar-refractivity contribution in [2.24, 2.45) is 5.92 Å². The standard InChI is InChI=1S/C36H40N2O5S/c1-6-32(44-24-25-15-18-29(41-5)19-16-25)31(21-26-17-20-33(37-23-26)38-35(40)43-36(2,3)4)34(39)42-30-14-10-13-28(22-30)27-11-8-7-9-12-27/h7-20,22-23,31-32H,6,21,24H2,1-5H3,(H,37,38,40). The number of pyridine rings is 1. The van der Waals surface area contributed by atoms with Crippen molar-refractivity contribution in [2.45, 2.75) is 57.1 Å². The third-order valence-electron chi connectivity index (χ3n) is 6.85. The Bertz CT molecular complexity index is 1500. The van der Waals surface area contributed by atoms with Gasteiger partial charge in [-0.25, -0.2) is 9.78 Å². The van der Waals surface area contributed by atoms with Gasteiger partial charge in [-0.05, 0) is 86.2 Å². The lowest BCUT2D eigenvalue weighted by atomic mass is 9.95. The fourth-order valence-electron chi connectivity index (χ4n) is 4.65. The van der Waals surface area contributed by atoms with Crippen LogP contribution in [0.25, 0.3) is 11.1 Å². The number of rotatable bonds is 12. The van der Waals surface area contributed by atoms with Crippen LogP contribution in [0.3, 0.4) is 0 Å². The average molecular weight is 613 g/mol. The van der Waals surface area contributed by atoms with E-state index >= 15 is 0 Å². The molecule has 0 bridgehead atoms. The Morgan fingerprint density at radius 1 is 0.864 bits per heavy atom. The molecule has 0 aliphatic heterocycles. The van der Waals surface area contributed by atoms with Crippen molar-refractivity contribution in [2.75, 3.05) is 12.4 Å². The van der Waals surface area contributed by atoms with E-state index in [4.69, 9.17) is 14.2 Å². The smallest absolute Gasteiger partial charge is 0.413 e. The molecule has 2 unspecified atom stereocenters. The number of carbonyl (C=O) groups is 2. The van der Waals surface area contributed by atoms with Crippen LogP contribution < -0.4 is 14.8 Å². The van der Waals surface area contributed by atoms with E-state index in [0.717, 1.165) is 40.2 Å². The van der Waals surface area contributed by atoms with Crippen LogP contribution in [-0.4, -0.2) is 35.0 Å². The molecule has 1 aromatic heterocycles. The molecule has 44 heavy (non-hydrogen) atoms. The zero-order valence-corrected chi connectivity index (χ0v) is 26.7. The summed E-state index contributed by atoms with van der Waals surface area (Å²) in [5.74, 6) is 1.71. The third kappa shape index (κ3) is 9.88. The number of benzene rings is 3. The maximum absolute atomic E-state index is 13.9. The zero-order chi connectivity index (χ0) is 31.5. The minimum atomic E-state index is -0.614. The molecule has 1 heterocycles. The summed E-state index contributed by atoms with van der Waals surface area (Å²) < 4.78 is 16.7. The minimum Gasteiger partial charge on any atom is -0.497 e. The Labute approximate surface area is 264 Å². The summed E-state index contributed by atoms with van der Waals surface area (Å²) in [5, 5.41) is 2.64. The highest BCUT2D eigenvalue weighted by molar-refractivity contribution is 7.99.